The smallest absolute Gasteiger partial charge is 0.422 e. The van der Waals surface area contributed by atoms with Gasteiger partial charge in [-0.15, -0.1) is 28.4 Å². The first-order valence-corrected chi connectivity index (χ1v) is 16.3. The van der Waals surface area contributed by atoms with Crippen molar-refractivity contribution in [3.8, 4) is 17.3 Å². The van der Waals surface area contributed by atoms with Gasteiger partial charge in [0.1, 0.15) is 30.4 Å². The second-order valence-corrected chi connectivity index (χ2v) is 11.9. The first-order chi connectivity index (χ1) is 23.9. The summed E-state index contributed by atoms with van der Waals surface area (Å²) in [5, 5.41) is 30.4. The zero-order valence-corrected chi connectivity index (χ0v) is 30.9. The van der Waals surface area contributed by atoms with Gasteiger partial charge in [-0.25, -0.2) is 28.3 Å². The predicted octanol–water partition coefficient (Wildman–Crippen LogP) is 1.44. The molecule has 0 aliphatic heterocycles. The summed E-state index contributed by atoms with van der Waals surface area (Å²) in [7, 11) is 1.56. The summed E-state index contributed by atoms with van der Waals surface area (Å²) in [6, 6.07) is 11.6. The Morgan fingerprint density at radius 2 is 1.87 bits per heavy atom. The van der Waals surface area contributed by atoms with Crippen LogP contribution in [0.15, 0.2) is 60.5 Å². The van der Waals surface area contributed by atoms with Crippen LogP contribution >= 0.6 is 23.7 Å². The number of aliphatic hydroxyl groups is 1. The number of amides is 2. The molecular weight excluding hydrogens is 747 g/mol. The zero-order valence-electron chi connectivity index (χ0n) is 28.5. The van der Waals surface area contributed by atoms with E-state index in [1.54, 1.807) is 50.5 Å². The number of imide groups is 1. The lowest BCUT2D eigenvalue weighted by molar-refractivity contribution is -0.753. The molecule has 2 N–H and O–H groups in total. The fraction of sp³-hybridized carbons (Fsp3) is 0.364. The molecule has 4 aromatic rings. The number of nitriles is 1. The molecule has 52 heavy (non-hydrogen) atoms. The van der Waals surface area contributed by atoms with Gasteiger partial charge in [0.25, 0.3) is 6.33 Å². The quantitative estimate of drug-likeness (QED) is 0.108. The van der Waals surface area contributed by atoms with Crippen LogP contribution in [0.3, 0.4) is 0 Å². The first kappa shape index (κ1) is 43.4. The summed E-state index contributed by atoms with van der Waals surface area (Å²) in [6.45, 7) is 3.58. The Morgan fingerprint density at radius 1 is 1.15 bits per heavy atom. The average Bonchev–Trinajstić information content (AvgIpc) is 3.78. The third kappa shape index (κ3) is 10.7. The van der Waals surface area contributed by atoms with Crippen molar-refractivity contribution in [1.29, 1.82) is 5.26 Å². The third-order valence-corrected chi connectivity index (χ3v) is 8.64. The van der Waals surface area contributed by atoms with E-state index in [1.807, 2.05) is 0 Å². The predicted molar refractivity (Wildman–Crippen MR) is 180 cm³/mol. The van der Waals surface area contributed by atoms with Gasteiger partial charge in [-0.1, -0.05) is 19.1 Å². The normalized spacial score (nSPS) is 12.9. The number of likely N-dealkylation sites (N-methyl/N-ethyl adjacent to an activating group) is 1. The van der Waals surface area contributed by atoms with Crippen molar-refractivity contribution in [2.45, 2.75) is 45.1 Å². The fourth-order valence-corrected chi connectivity index (χ4v) is 5.83. The van der Waals surface area contributed by atoms with Crippen LogP contribution in [0.4, 0.5) is 18.4 Å². The topological polar surface area (TPSA) is 173 Å². The molecule has 280 valence electrons. The molecule has 3 unspecified atom stereocenters. The molecule has 4 rings (SSSR count). The lowest BCUT2D eigenvalue weighted by Crippen LogP contribution is -3.00. The van der Waals surface area contributed by atoms with Crippen LogP contribution in [0.5, 0.6) is 0 Å². The molecule has 2 heterocycles. The van der Waals surface area contributed by atoms with E-state index in [9.17, 15) is 23.9 Å². The van der Waals surface area contributed by atoms with E-state index in [0.717, 1.165) is 23.8 Å². The van der Waals surface area contributed by atoms with Gasteiger partial charge >= 0.3 is 18.2 Å². The molecule has 2 aromatic carbocycles. The Morgan fingerprint density at radius 3 is 2.52 bits per heavy atom. The molecule has 2 amide bonds. The fourth-order valence-electron chi connectivity index (χ4n) is 4.85. The Labute approximate surface area is 314 Å². The Hall–Kier alpha value is -4.73. The van der Waals surface area contributed by atoms with E-state index in [-0.39, 0.29) is 63.2 Å². The molecule has 2 aromatic heterocycles. The van der Waals surface area contributed by atoms with Gasteiger partial charge < -0.3 is 37.0 Å². The summed E-state index contributed by atoms with van der Waals surface area (Å²) in [6.07, 6.45) is -0.479. The van der Waals surface area contributed by atoms with Crippen molar-refractivity contribution in [1.82, 2.24) is 25.0 Å². The van der Waals surface area contributed by atoms with Crippen LogP contribution in [-0.4, -0.2) is 76.3 Å². The van der Waals surface area contributed by atoms with Crippen LogP contribution < -0.4 is 22.3 Å². The third-order valence-electron chi connectivity index (χ3n) is 7.62. The van der Waals surface area contributed by atoms with E-state index in [0.29, 0.717) is 21.2 Å². The van der Waals surface area contributed by atoms with Gasteiger partial charge in [0.2, 0.25) is 12.6 Å². The van der Waals surface area contributed by atoms with E-state index in [1.165, 1.54) is 40.2 Å². The summed E-state index contributed by atoms with van der Waals surface area (Å²) in [5.74, 6) is -3.08. The molecule has 0 aliphatic carbocycles. The molecule has 3 atom stereocenters. The summed E-state index contributed by atoms with van der Waals surface area (Å²) in [4.78, 5) is 42.4. The van der Waals surface area contributed by atoms with E-state index < -0.39 is 47.5 Å². The van der Waals surface area contributed by atoms with Crippen LogP contribution in [0, 0.1) is 23.0 Å². The van der Waals surface area contributed by atoms with Crippen LogP contribution in [-0.2, 0) is 31.2 Å². The number of carbonyl (C=O) groups excluding carboxylic acids is 3. The van der Waals surface area contributed by atoms with Gasteiger partial charge in [-0.3, -0.25) is 4.79 Å². The highest BCUT2D eigenvalue weighted by Gasteiger charge is 2.43. The standard InChI is InChI=1S/C33H36F2N7O7S.2ClH/c1-5-47-31(44)42(12-13-48-29(43)16-37-4)32(45)49-22(3)40-19-38-41(20-40)18-33(46,26-14-25(34)10-11-27(26)35)21(2)30-39-28(17-50-30)24-8-6-23(15-36)7-9-24;;/h6-11,14,17,19-22,37,46H,5,12-13,16,18H2,1-4H3;2*1H/q+1;;/p-1. The minimum atomic E-state index is -2.08. The minimum absolute atomic E-state index is 0. The first-order valence-electron chi connectivity index (χ1n) is 15.4. The maximum absolute atomic E-state index is 15.3. The molecule has 0 aliphatic rings. The molecule has 0 saturated heterocycles. The van der Waals surface area contributed by atoms with E-state index in [4.69, 9.17) is 19.5 Å². The monoisotopic (exact) mass is 783 g/mol. The van der Waals surface area contributed by atoms with Gasteiger partial charge in [-0.2, -0.15) is 9.83 Å². The molecule has 0 spiro atoms. The van der Waals surface area contributed by atoms with Crippen molar-refractivity contribution < 1.29 is 59.5 Å². The van der Waals surface area contributed by atoms with Crippen LogP contribution in [0.25, 0.3) is 11.3 Å². The highest BCUT2D eigenvalue weighted by molar-refractivity contribution is 7.10. The maximum atomic E-state index is 15.3. The maximum Gasteiger partial charge on any atom is 0.422 e. The van der Waals surface area contributed by atoms with Crippen molar-refractivity contribution >= 4 is 41.9 Å². The van der Waals surface area contributed by atoms with Gasteiger partial charge in [-0.05, 0) is 44.3 Å². The number of ether oxygens (including phenoxy) is 3. The number of aromatic nitrogens is 4. The van der Waals surface area contributed by atoms with Crippen molar-refractivity contribution in [2.24, 2.45) is 0 Å². The Kier molecular flexibility index (Phi) is 16.5. The van der Waals surface area contributed by atoms with Gasteiger partial charge in [0, 0.05) is 34.4 Å². The molecule has 0 bridgehead atoms. The summed E-state index contributed by atoms with van der Waals surface area (Å²) >= 11 is 1.22. The largest absolute Gasteiger partial charge is 1.00 e. The highest BCUT2D eigenvalue weighted by Crippen LogP contribution is 2.41. The summed E-state index contributed by atoms with van der Waals surface area (Å²) in [5.41, 5.74) is -0.618. The van der Waals surface area contributed by atoms with E-state index >= 15 is 4.39 Å². The zero-order chi connectivity index (χ0) is 36.4. The van der Waals surface area contributed by atoms with Crippen molar-refractivity contribution in [2.75, 3.05) is 33.4 Å². The second kappa shape index (κ2) is 19.8. The van der Waals surface area contributed by atoms with Gasteiger partial charge in [0.15, 0.2) is 0 Å². The highest BCUT2D eigenvalue weighted by atomic mass is 35.5. The SMILES string of the molecule is CCOC(=O)N(CCOC(=O)CNC)C(=O)OC(C)[n+]1cnn(CC(O)(c2cc(F)ccc2F)C(C)c2nc(-c3ccc(C#N)cc3)cs2)c1.Cl.[Cl-]. The number of carbonyl (C=O) groups is 3. The number of thiazole rings is 1. The van der Waals surface area contributed by atoms with Crippen LogP contribution in [0.1, 0.15) is 49.1 Å². The Balaban J connectivity index is 0.00000468. The number of hydrogen-bond acceptors (Lipinski definition) is 12. The number of nitrogens with zero attached hydrogens (tertiary/aromatic N) is 6. The number of benzene rings is 2. The lowest BCUT2D eigenvalue weighted by Gasteiger charge is -2.32. The molecule has 19 heteroatoms. The number of rotatable bonds is 14. The van der Waals surface area contributed by atoms with Crippen LogP contribution in [0.2, 0.25) is 0 Å². The molecular formula is C33H37Cl2F2N7O7S. The number of halogens is 4. The van der Waals surface area contributed by atoms with Crippen molar-refractivity contribution in [3.05, 3.63) is 88.3 Å². The summed E-state index contributed by atoms with van der Waals surface area (Å²) < 4.78 is 47.8. The van der Waals surface area contributed by atoms with Crippen molar-refractivity contribution in [3.63, 3.8) is 0 Å². The second-order valence-electron chi connectivity index (χ2n) is 11.0. The van der Waals surface area contributed by atoms with E-state index in [2.05, 4.69) is 21.5 Å². The molecule has 0 radical (unpaired) electrons. The minimum Gasteiger partial charge on any atom is -1.00 e. The lowest BCUT2D eigenvalue weighted by atomic mass is 9.82. The molecule has 14 nitrogen and oxygen atoms in total. The Bertz CT molecular complexity index is 1860. The molecule has 0 fully saturated rings. The average molecular weight is 785 g/mol. The molecule has 0 saturated carbocycles. The van der Waals surface area contributed by atoms with Gasteiger partial charge in [0.05, 0.1) is 42.0 Å². The number of esters is 1. The number of nitrogens with one attached hydrogen (secondary N) is 1. The number of hydrogen-bond donors (Lipinski definition) is 2.